The van der Waals surface area contributed by atoms with E-state index in [9.17, 15) is 4.79 Å². The molecule has 118 valence electrons. The van der Waals surface area contributed by atoms with Crippen molar-refractivity contribution in [3.8, 4) is 17.1 Å². The maximum absolute atomic E-state index is 11.9. The van der Waals surface area contributed by atoms with E-state index in [1.165, 1.54) is 7.11 Å². The van der Waals surface area contributed by atoms with Gasteiger partial charge in [0.15, 0.2) is 0 Å². The summed E-state index contributed by atoms with van der Waals surface area (Å²) in [5.74, 6) is 0.172. The highest BCUT2D eigenvalue weighted by Gasteiger charge is 2.21. The Morgan fingerprint density at radius 3 is 2.83 bits per heavy atom. The van der Waals surface area contributed by atoms with E-state index in [0.717, 1.165) is 23.1 Å². The lowest BCUT2D eigenvalue weighted by molar-refractivity contribution is -0.133. The average molecular weight is 310 g/mol. The van der Waals surface area contributed by atoms with Crippen molar-refractivity contribution in [1.29, 1.82) is 0 Å². The highest BCUT2D eigenvalue weighted by molar-refractivity contribution is 6.18. The van der Waals surface area contributed by atoms with Crippen LogP contribution in [0, 0.1) is 0 Å². The molecule has 1 aliphatic rings. The van der Waals surface area contributed by atoms with Gasteiger partial charge in [-0.3, -0.25) is 4.98 Å². The van der Waals surface area contributed by atoms with Gasteiger partial charge in [0.1, 0.15) is 0 Å². The van der Waals surface area contributed by atoms with Crippen molar-refractivity contribution in [2.24, 2.45) is 0 Å². The number of carbonyl (C=O) groups excluding carboxylic acids is 1. The van der Waals surface area contributed by atoms with Gasteiger partial charge in [0.25, 0.3) is 0 Å². The summed E-state index contributed by atoms with van der Waals surface area (Å²) in [5, 5.41) is 0. The van der Waals surface area contributed by atoms with E-state index in [0.29, 0.717) is 17.1 Å². The molecule has 0 fully saturated rings. The molecule has 2 aromatic rings. The summed E-state index contributed by atoms with van der Waals surface area (Å²) in [7, 11) is 1.39. The molecule has 0 bridgehead atoms. The van der Waals surface area contributed by atoms with Gasteiger partial charge in [-0.25, -0.2) is 9.78 Å². The Kier molecular flexibility index (Phi) is 4.10. The lowest BCUT2D eigenvalue weighted by Gasteiger charge is -2.10. The fraction of sp³-hybridized carbons (Fsp3) is 0.278. The number of carbonyl (C=O) groups is 1. The molecule has 5 heteroatoms. The van der Waals surface area contributed by atoms with Crippen LogP contribution in [0.1, 0.15) is 25.0 Å². The van der Waals surface area contributed by atoms with E-state index >= 15 is 0 Å². The average Bonchev–Trinajstić information content (AvgIpc) is 2.97. The van der Waals surface area contributed by atoms with Crippen LogP contribution in [-0.2, 0) is 16.0 Å². The summed E-state index contributed by atoms with van der Waals surface area (Å²) in [4.78, 5) is 20.5. The number of rotatable bonds is 4. The number of nitrogens with zero attached hydrogens (tertiary/aromatic N) is 2. The summed E-state index contributed by atoms with van der Waals surface area (Å²) >= 11 is 0. The topological polar surface area (TPSA) is 61.3 Å². The summed E-state index contributed by atoms with van der Waals surface area (Å²) in [6.07, 6.45) is 5.95. The molecule has 1 aromatic carbocycles. The van der Waals surface area contributed by atoms with Gasteiger partial charge in [-0.1, -0.05) is 18.2 Å². The van der Waals surface area contributed by atoms with Crippen LogP contribution in [0.4, 0.5) is 0 Å². The first-order chi connectivity index (χ1) is 11.1. The van der Waals surface area contributed by atoms with Crippen LogP contribution in [0.2, 0.25) is 0 Å². The standard InChI is InChI=1S/C18H18N2O3/c1-11(2)23-17-10-19-9-16(20-17)13-5-4-12-6-7-14(15(12)8-13)18(21)22-3/h4-5,7-11H,6H2,1-3H3. The number of benzene rings is 1. The number of esters is 1. The summed E-state index contributed by atoms with van der Waals surface area (Å²) < 4.78 is 10.4. The minimum atomic E-state index is -0.316. The minimum absolute atomic E-state index is 0.0356. The van der Waals surface area contributed by atoms with Crippen LogP contribution < -0.4 is 4.74 Å². The van der Waals surface area contributed by atoms with Crippen LogP contribution in [0.5, 0.6) is 5.88 Å². The molecule has 0 aliphatic heterocycles. The van der Waals surface area contributed by atoms with Gasteiger partial charge in [0, 0.05) is 5.56 Å². The Morgan fingerprint density at radius 2 is 2.09 bits per heavy atom. The molecular weight excluding hydrogens is 292 g/mol. The van der Waals surface area contributed by atoms with Gasteiger partial charge in [-0.2, -0.15) is 0 Å². The summed E-state index contributed by atoms with van der Waals surface area (Å²) in [6.45, 7) is 3.88. The van der Waals surface area contributed by atoms with Crippen molar-refractivity contribution in [2.75, 3.05) is 7.11 Å². The SMILES string of the molecule is COC(=O)C1=CCc2ccc(-c3cncc(OC(C)C)n3)cc21. The van der Waals surface area contributed by atoms with Crippen molar-refractivity contribution in [3.63, 3.8) is 0 Å². The predicted octanol–water partition coefficient (Wildman–Crippen LogP) is 3.04. The Labute approximate surface area is 135 Å². The largest absolute Gasteiger partial charge is 0.474 e. The molecule has 0 atom stereocenters. The van der Waals surface area contributed by atoms with Gasteiger partial charge in [0.05, 0.1) is 36.9 Å². The first-order valence-electron chi connectivity index (χ1n) is 7.49. The quantitative estimate of drug-likeness (QED) is 0.812. The van der Waals surface area contributed by atoms with Crippen LogP contribution >= 0.6 is 0 Å². The Morgan fingerprint density at radius 1 is 1.26 bits per heavy atom. The minimum Gasteiger partial charge on any atom is -0.474 e. The molecule has 5 nitrogen and oxygen atoms in total. The zero-order chi connectivity index (χ0) is 16.4. The number of allylic oxidation sites excluding steroid dienone is 1. The number of aromatic nitrogens is 2. The van der Waals surface area contributed by atoms with Crippen LogP contribution in [0.25, 0.3) is 16.8 Å². The molecule has 0 saturated heterocycles. The first kappa shape index (κ1) is 15.2. The van der Waals surface area contributed by atoms with E-state index in [2.05, 4.69) is 9.97 Å². The molecule has 0 saturated carbocycles. The van der Waals surface area contributed by atoms with E-state index in [1.807, 2.05) is 38.1 Å². The Bertz CT molecular complexity index is 782. The van der Waals surface area contributed by atoms with Gasteiger partial charge in [0.2, 0.25) is 5.88 Å². The molecule has 0 N–H and O–H groups in total. The third-order valence-electron chi connectivity index (χ3n) is 3.60. The molecule has 23 heavy (non-hydrogen) atoms. The molecule has 1 aromatic heterocycles. The van der Waals surface area contributed by atoms with E-state index in [1.54, 1.807) is 12.4 Å². The number of fused-ring (bicyclic) bond motifs is 1. The zero-order valence-corrected chi connectivity index (χ0v) is 13.4. The molecule has 0 unspecified atom stereocenters. The molecule has 0 spiro atoms. The first-order valence-corrected chi connectivity index (χ1v) is 7.49. The van der Waals surface area contributed by atoms with Crippen LogP contribution in [0.15, 0.2) is 36.7 Å². The Balaban J connectivity index is 1.97. The van der Waals surface area contributed by atoms with Crippen molar-refractivity contribution in [1.82, 2.24) is 9.97 Å². The van der Waals surface area contributed by atoms with Crippen molar-refractivity contribution < 1.29 is 14.3 Å². The van der Waals surface area contributed by atoms with E-state index in [-0.39, 0.29) is 12.1 Å². The van der Waals surface area contributed by atoms with Gasteiger partial charge in [-0.15, -0.1) is 0 Å². The van der Waals surface area contributed by atoms with Crippen molar-refractivity contribution in [3.05, 3.63) is 47.8 Å². The third kappa shape index (κ3) is 3.08. The maximum atomic E-state index is 11.9. The molecule has 3 rings (SSSR count). The van der Waals surface area contributed by atoms with Crippen molar-refractivity contribution >= 4 is 11.5 Å². The van der Waals surface area contributed by atoms with Crippen LogP contribution in [-0.4, -0.2) is 29.2 Å². The fourth-order valence-corrected chi connectivity index (χ4v) is 2.58. The predicted molar refractivity (Wildman–Crippen MR) is 86.9 cm³/mol. The fourth-order valence-electron chi connectivity index (χ4n) is 2.58. The monoisotopic (exact) mass is 310 g/mol. The van der Waals surface area contributed by atoms with Gasteiger partial charge in [-0.05, 0) is 37.5 Å². The highest BCUT2D eigenvalue weighted by atomic mass is 16.5. The Hall–Kier alpha value is -2.69. The number of methoxy groups -OCH3 is 1. The second kappa shape index (κ2) is 6.20. The molecule has 1 heterocycles. The van der Waals surface area contributed by atoms with Crippen LogP contribution in [0.3, 0.4) is 0 Å². The number of hydrogen-bond donors (Lipinski definition) is 0. The molecule has 1 aliphatic carbocycles. The summed E-state index contributed by atoms with van der Waals surface area (Å²) in [5.41, 5.74) is 4.21. The molecular formula is C18H18N2O3. The number of hydrogen-bond acceptors (Lipinski definition) is 5. The highest BCUT2D eigenvalue weighted by Crippen LogP contribution is 2.32. The van der Waals surface area contributed by atoms with Crippen molar-refractivity contribution in [2.45, 2.75) is 26.4 Å². The van der Waals surface area contributed by atoms with E-state index < -0.39 is 0 Å². The second-order valence-corrected chi connectivity index (χ2v) is 5.59. The second-order valence-electron chi connectivity index (χ2n) is 5.59. The zero-order valence-electron chi connectivity index (χ0n) is 13.4. The normalized spacial score (nSPS) is 12.8. The summed E-state index contributed by atoms with van der Waals surface area (Å²) in [6, 6.07) is 5.94. The van der Waals surface area contributed by atoms with Gasteiger partial charge < -0.3 is 9.47 Å². The molecule has 0 radical (unpaired) electrons. The molecule has 0 amide bonds. The lowest BCUT2D eigenvalue weighted by atomic mass is 10.0. The lowest BCUT2D eigenvalue weighted by Crippen LogP contribution is -2.07. The maximum Gasteiger partial charge on any atom is 0.338 e. The number of ether oxygens (including phenoxy) is 2. The van der Waals surface area contributed by atoms with E-state index in [4.69, 9.17) is 9.47 Å². The third-order valence-corrected chi connectivity index (χ3v) is 3.60. The smallest absolute Gasteiger partial charge is 0.338 e. The van der Waals surface area contributed by atoms with Gasteiger partial charge >= 0.3 is 5.97 Å².